The van der Waals surface area contributed by atoms with E-state index >= 15 is 0 Å². The highest BCUT2D eigenvalue weighted by Crippen LogP contribution is 2.34. The third kappa shape index (κ3) is 11.4. The molecule has 4 rings (SSSR count). The van der Waals surface area contributed by atoms with Gasteiger partial charge in [0, 0.05) is 49.7 Å². The molecule has 0 unspecified atom stereocenters. The number of rotatable bonds is 17. The number of carboxylic acid groups (broad SMARTS) is 1. The first-order valence-corrected chi connectivity index (χ1v) is 20.1. The number of nitrogens with one attached hydrogen (secondary N) is 2. The number of likely N-dealkylation sites (tertiary alicyclic amines) is 1. The van der Waals surface area contributed by atoms with Crippen LogP contribution in [0.3, 0.4) is 0 Å². The number of piperidine rings is 1. The highest BCUT2D eigenvalue weighted by molar-refractivity contribution is 7.10. The number of hydrogen-bond donors (Lipinski definition) is 3. The summed E-state index contributed by atoms with van der Waals surface area (Å²) in [6.45, 7) is 7.36. The molecule has 3 amide bonds. The van der Waals surface area contributed by atoms with Crippen LogP contribution in [0.2, 0.25) is 0 Å². The summed E-state index contributed by atoms with van der Waals surface area (Å²) in [6.07, 6.45) is -0.327. The molecule has 0 aromatic carbocycles. The summed E-state index contributed by atoms with van der Waals surface area (Å²) in [6, 6.07) is -2.33. The van der Waals surface area contributed by atoms with Crippen LogP contribution in [0, 0.1) is 17.8 Å². The number of hydrogen-bond acceptors (Lipinski definition) is 11. The molecule has 1 aliphatic carbocycles. The number of ether oxygens (including phenoxy) is 1. The molecule has 13 nitrogen and oxygen atoms in total. The lowest BCUT2D eigenvalue weighted by Gasteiger charge is -2.41. The summed E-state index contributed by atoms with van der Waals surface area (Å²) in [5.74, 6) is -3.82. The minimum absolute atomic E-state index is 0.0134. The predicted molar refractivity (Wildman–Crippen MR) is 196 cm³/mol. The van der Waals surface area contributed by atoms with Gasteiger partial charge in [-0.2, -0.15) is 13.2 Å². The number of carbonyl (C=O) groups is 5. The number of amides is 3. The molecule has 0 bridgehead atoms. The van der Waals surface area contributed by atoms with Gasteiger partial charge in [-0.25, -0.2) is 9.97 Å². The molecule has 1 saturated carbocycles. The number of aromatic nitrogens is 2. The fourth-order valence-electron chi connectivity index (χ4n) is 6.96. The van der Waals surface area contributed by atoms with Crippen LogP contribution in [0.15, 0.2) is 10.8 Å². The molecule has 2 aromatic heterocycles. The summed E-state index contributed by atoms with van der Waals surface area (Å²) < 4.78 is 45.2. The van der Waals surface area contributed by atoms with Gasteiger partial charge in [-0.3, -0.25) is 28.9 Å². The largest absolute Gasteiger partial charge is 0.481 e. The second kappa shape index (κ2) is 18.8. The monoisotopic (exact) mass is 800 g/mol. The fourth-order valence-corrected chi connectivity index (χ4v) is 8.68. The van der Waals surface area contributed by atoms with Crippen LogP contribution in [0.5, 0.6) is 0 Å². The lowest BCUT2D eigenvalue weighted by molar-refractivity contribution is -0.149. The summed E-state index contributed by atoms with van der Waals surface area (Å²) in [5, 5.41) is 18.0. The summed E-state index contributed by atoms with van der Waals surface area (Å²) >= 11 is 1.83. The van der Waals surface area contributed by atoms with E-state index in [1.54, 1.807) is 11.9 Å². The molecule has 0 spiro atoms. The van der Waals surface area contributed by atoms with Crippen molar-refractivity contribution in [3.05, 3.63) is 32.2 Å². The van der Waals surface area contributed by atoms with Crippen molar-refractivity contribution >= 4 is 52.3 Å². The number of carbonyl (C=O) groups excluding carboxylic acids is 4. The van der Waals surface area contributed by atoms with Crippen LogP contribution < -0.4 is 10.6 Å². The molecule has 2 fully saturated rings. The van der Waals surface area contributed by atoms with Crippen molar-refractivity contribution < 1.29 is 47.0 Å². The van der Waals surface area contributed by atoms with Gasteiger partial charge in [0.25, 0.3) is 5.91 Å². The number of nitrogens with zero attached hydrogens (tertiary/aromatic N) is 4. The number of aliphatic carboxylic acids is 1. The van der Waals surface area contributed by atoms with Crippen molar-refractivity contribution in [3.8, 4) is 0 Å². The normalized spacial score (nSPS) is 19.6. The topological polar surface area (TPSA) is 171 Å². The lowest BCUT2D eigenvalue weighted by atomic mass is 9.78. The van der Waals surface area contributed by atoms with Gasteiger partial charge in [-0.1, -0.05) is 33.6 Å². The van der Waals surface area contributed by atoms with Crippen molar-refractivity contribution in [2.45, 2.75) is 122 Å². The first-order valence-electron chi connectivity index (χ1n) is 18.3. The lowest BCUT2D eigenvalue weighted by Crippen LogP contribution is -2.59. The number of carboxylic acids is 1. The molecular weight excluding hydrogens is 750 g/mol. The Labute approximate surface area is 321 Å². The maximum atomic E-state index is 14.2. The van der Waals surface area contributed by atoms with E-state index < -0.39 is 59.9 Å². The molecule has 54 heavy (non-hydrogen) atoms. The first-order chi connectivity index (χ1) is 25.3. The SMILES string of the molecule is CC(=O)O[C@H](C[C@H](C(C)C)N(C)C(=O)[C@@H](NC(=O)[C@H]1CCCCN1C)C1CCC1)c1nc(C(=O)N[C@@H](Cc2nc(C(F)(F)F)cs2)C[C@H](C)C(=O)O)cs1. The summed E-state index contributed by atoms with van der Waals surface area (Å²) in [4.78, 5) is 76.7. The molecule has 300 valence electrons. The molecule has 6 atom stereocenters. The first kappa shape index (κ1) is 43.1. The predicted octanol–water partition coefficient (Wildman–Crippen LogP) is 5.32. The molecule has 2 aliphatic rings. The third-order valence-electron chi connectivity index (χ3n) is 10.3. The second-order valence-corrected chi connectivity index (χ2v) is 16.6. The minimum atomic E-state index is -4.64. The molecule has 1 saturated heterocycles. The van der Waals surface area contributed by atoms with Gasteiger partial charge in [-0.15, -0.1) is 22.7 Å². The highest BCUT2D eigenvalue weighted by Gasteiger charge is 2.41. The zero-order valence-corrected chi connectivity index (χ0v) is 33.1. The number of halogens is 3. The van der Waals surface area contributed by atoms with Gasteiger partial charge in [0.05, 0.1) is 17.0 Å². The van der Waals surface area contributed by atoms with Crippen LogP contribution in [0.25, 0.3) is 0 Å². The van der Waals surface area contributed by atoms with E-state index in [1.807, 2.05) is 25.8 Å². The van der Waals surface area contributed by atoms with Crippen LogP contribution in [0.4, 0.5) is 13.2 Å². The van der Waals surface area contributed by atoms with Crippen molar-refractivity contribution in [3.63, 3.8) is 0 Å². The Morgan fingerprint density at radius 1 is 1.02 bits per heavy atom. The van der Waals surface area contributed by atoms with E-state index in [0.29, 0.717) is 0 Å². The van der Waals surface area contributed by atoms with E-state index in [4.69, 9.17) is 4.74 Å². The molecule has 2 aromatic rings. The van der Waals surface area contributed by atoms with Gasteiger partial charge < -0.3 is 25.4 Å². The van der Waals surface area contributed by atoms with Crippen molar-refractivity contribution in [1.82, 2.24) is 30.4 Å². The van der Waals surface area contributed by atoms with Crippen LogP contribution in [-0.2, 0) is 36.5 Å². The van der Waals surface area contributed by atoms with Crippen molar-refractivity contribution in [2.75, 3.05) is 20.6 Å². The van der Waals surface area contributed by atoms with Gasteiger partial charge >= 0.3 is 18.1 Å². The zero-order chi connectivity index (χ0) is 39.9. The number of thiazole rings is 2. The van der Waals surface area contributed by atoms with E-state index in [2.05, 4.69) is 20.6 Å². The average molecular weight is 801 g/mol. The van der Waals surface area contributed by atoms with Gasteiger partial charge in [-0.05, 0) is 57.5 Å². The van der Waals surface area contributed by atoms with Crippen LogP contribution in [0.1, 0.15) is 111 Å². The fraction of sp³-hybridized carbons (Fsp3) is 0.694. The molecule has 0 radical (unpaired) electrons. The number of esters is 1. The molecule has 3 N–H and O–H groups in total. The van der Waals surface area contributed by atoms with Gasteiger partial charge in [0.15, 0.2) is 11.8 Å². The summed E-state index contributed by atoms with van der Waals surface area (Å²) in [5.41, 5.74) is -1.12. The molecular formula is C36H51F3N6O7S2. The Morgan fingerprint density at radius 3 is 2.28 bits per heavy atom. The smallest absolute Gasteiger partial charge is 0.434 e. The van der Waals surface area contributed by atoms with E-state index in [1.165, 1.54) is 19.2 Å². The quantitative estimate of drug-likeness (QED) is 0.178. The third-order valence-corrected chi connectivity index (χ3v) is 12.1. The van der Waals surface area contributed by atoms with Crippen molar-refractivity contribution in [2.24, 2.45) is 17.8 Å². The highest BCUT2D eigenvalue weighted by atomic mass is 32.1. The maximum absolute atomic E-state index is 14.2. The van der Waals surface area contributed by atoms with E-state index in [-0.39, 0.29) is 64.7 Å². The number of alkyl halides is 3. The van der Waals surface area contributed by atoms with E-state index in [0.717, 1.165) is 73.1 Å². The molecule has 1 aliphatic heterocycles. The Morgan fingerprint density at radius 2 is 1.72 bits per heavy atom. The van der Waals surface area contributed by atoms with Gasteiger partial charge in [0.2, 0.25) is 11.8 Å². The zero-order valence-electron chi connectivity index (χ0n) is 31.5. The Kier molecular flexibility index (Phi) is 15.0. The Hall–Kier alpha value is -3.64. The van der Waals surface area contributed by atoms with Crippen LogP contribution in [-0.4, -0.2) is 99.3 Å². The second-order valence-electron chi connectivity index (χ2n) is 14.8. The van der Waals surface area contributed by atoms with E-state index in [9.17, 15) is 42.3 Å². The maximum Gasteiger partial charge on any atom is 0.434 e. The molecule has 18 heteroatoms. The minimum Gasteiger partial charge on any atom is -0.481 e. The standard InChI is InChI=1S/C36H51F3N6O7S2/c1-19(2)26(45(6)34(49)30(22-10-9-11-22)43-32(48)25-12-7-8-13-44(25)5)16-27(52-21(4)46)33-41-24(17-54-33)31(47)40-23(14-20(3)35(50)51)15-29-42-28(18-53-29)36(37,38)39/h17-20,22-23,25-27,30H,7-16H2,1-6H3,(H,40,47)(H,43,48)(H,50,51)/t20-,23+,25+,26+,27+,30-/m0/s1. The van der Waals surface area contributed by atoms with Crippen LogP contribution >= 0.6 is 22.7 Å². The van der Waals surface area contributed by atoms with Crippen molar-refractivity contribution in [1.29, 1.82) is 0 Å². The van der Waals surface area contributed by atoms with Gasteiger partial charge in [0.1, 0.15) is 16.7 Å². The number of likely N-dealkylation sites (N-methyl/N-ethyl adjacent to an activating group) is 2. The Bertz CT molecular complexity index is 1630. The Balaban J connectivity index is 1.51. The average Bonchev–Trinajstić information content (AvgIpc) is 3.75. The summed E-state index contributed by atoms with van der Waals surface area (Å²) in [7, 11) is 3.60. The molecule has 3 heterocycles.